The van der Waals surface area contributed by atoms with Crippen molar-refractivity contribution in [3.8, 4) is 0 Å². The number of carbonyl (C=O) groups excluding carboxylic acids is 1. The summed E-state index contributed by atoms with van der Waals surface area (Å²) in [6, 6.07) is 13.8. The van der Waals surface area contributed by atoms with Gasteiger partial charge >= 0.3 is 0 Å². The van der Waals surface area contributed by atoms with Crippen molar-refractivity contribution in [2.24, 2.45) is 0 Å². The second-order valence-electron chi connectivity index (χ2n) is 5.01. The lowest BCUT2D eigenvalue weighted by atomic mass is 10.1. The van der Waals surface area contributed by atoms with E-state index in [-0.39, 0.29) is 24.3 Å². The second kappa shape index (κ2) is 6.88. The maximum Gasteiger partial charge on any atom is 0.239 e. The number of rotatable bonds is 5. The number of carbonyl (C=O) groups is 1. The fourth-order valence-electron chi connectivity index (χ4n) is 2.07. The average molecular weight is 286 g/mol. The Morgan fingerprint density at radius 3 is 2.48 bits per heavy atom. The van der Waals surface area contributed by atoms with E-state index in [9.17, 15) is 9.18 Å². The summed E-state index contributed by atoms with van der Waals surface area (Å²) in [6.45, 7) is 4.07. The maximum atomic E-state index is 12.9. The molecule has 0 aliphatic carbocycles. The van der Waals surface area contributed by atoms with Crippen molar-refractivity contribution >= 4 is 11.6 Å². The first-order valence-electron chi connectivity index (χ1n) is 6.90. The molecule has 0 radical (unpaired) electrons. The highest BCUT2D eigenvalue weighted by Gasteiger charge is 2.09. The normalized spacial score (nSPS) is 11.8. The number of hydrogen-bond acceptors (Lipinski definition) is 2. The van der Waals surface area contributed by atoms with Crippen LogP contribution in [-0.2, 0) is 4.79 Å². The maximum absolute atomic E-state index is 12.9. The van der Waals surface area contributed by atoms with Gasteiger partial charge in [-0.2, -0.15) is 0 Å². The van der Waals surface area contributed by atoms with Crippen molar-refractivity contribution in [1.82, 2.24) is 5.32 Å². The van der Waals surface area contributed by atoms with Gasteiger partial charge in [-0.1, -0.05) is 30.3 Å². The molecule has 2 aromatic carbocycles. The molecule has 0 aliphatic heterocycles. The third-order valence-electron chi connectivity index (χ3n) is 3.33. The predicted octanol–water partition coefficient (Wildman–Crippen LogP) is 3.42. The van der Waals surface area contributed by atoms with Gasteiger partial charge < -0.3 is 10.6 Å². The second-order valence-corrected chi connectivity index (χ2v) is 5.01. The van der Waals surface area contributed by atoms with Gasteiger partial charge in [0.05, 0.1) is 12.6 Å². The molecule has 3 nitrogen and oxygen atoms in total. The first-order valence-corrected chi connectivity index (χ1v) is 6.90. The zero-order valence-corrected chi connectivity index (χ0v) is 12.2. The summed E-state index contributed by atoms with van der Waals surface area (Å²) in [4.78, 5) is 11.9. The number of hydrogen-bond donors (Lipinski definition) is 2. The molecular weight excluding hydrogens is 267 g/mol. The zero-order chi connectivity index (χ0) is 15.2. The van der Waals surface area contributed by atoms with Crippen LogP contribution >= 0.6 is 0 Å². The molecule has 1 amide bonds. The van der Waals surface area contributed by atoms with E-state index in [4.69, 9.17) is 0 Å². The van der Waals surface area contributed by atoms with Gasteiger partial charge in [0.2, 0.25) is 5.91 Å². The fourth-order valence-corrected chi connectivity index (χ4v) is 2.07. The molecule has 0 heterocycles. The number of nitrogens with one attached hydrogen (secondary N) is 2. The summed E-state index contributed by atoms with van der Waals surface area (Å²) in [6.07, 6.45) is 0. The Kier molecular flexibility index (Phi) is 4.93. The van der Waals surface area contributed by atoms with E-state index in [1.54, 1.807) is 12.1 Å². The van der Waals surface area contributed by atoms with Gasteiger partial charge in [0.15, 0.2) is 0 Å². The van der Waals surface area contributed by atoms with Crippen LogP contribution < -0.4 is 10.6 Å². The van der Waals surface area contributed by atoms with Gasteiger partial charge in [0, 0.05) is 5.69 Å². The van der Waals surface area contributed by atoms with Crippen molar-refractivity contribution in [1.29, 1.82) is 0 Å². The molecular formula is C17H19FN2O. The Labute approximate surface area is 124 Å². The van der Waals surface area contributed by atoms with Crippen LogP contribution in [0.4, 0.5) is 10.1 Å². The number of para-hydroxylation sites is 1. The Hall–Kier alpha value is -2.36. The first-order chi connectivity index (χ1) is 10.1. The fraction of sp³-hybridized carbons (Fsp3) is 0.235. The molecule has 2 aromatic rings. The SMILES string of the molecule is Cc1ccccc1NCC(=O)NC(C)c1ccc(F)cc1. The van der Waals surface area contributed by atoms with Crippen LogP contribution in [0.15, 0.2) is 48.5 Å². The lowest BCUT2D eigenvalue weighted by molar-refractivity contribution is -0.120. The highest BCUT2D eigenvalue weighted by Crippen LogP contribution is 2.14. The largest absolute Gasteiger partial charge is 0.376 e. The quantitative estimate of drug-likeness (QED) is 0.884. The van der Waals surface area contributed by atoms with E-state index >= 15 is 0 Å². The molecule has 4 heteroatoms. The Morgan fingerprint density at radius 2 is 1.81 bits per heavy atom. The van der Waals surface area contributed by atoms with Crippen LogP contribution in [0.5, 0.6) is 0 Å². The molecule has 0 aliphatic rings. The summed E-state index contributed by atoms with van der Waals surface area (Å²) in [5, 5.41) is 5.99. The standard InChI is InChI=1S/C17H19FN2O/c1-12-5-3-4-6-16(12)19-11-17(21)20-13(2)14-7-9-15(18)10-8-14/h3-10,13,19H,11H2,1-2H3,(H,20,21). The number of anilines is 1. The lowest BCUT2D eigenvalue weighted by Gasteiger charge is -2.15. The highest BCUT2D eigenvalue weighted by atomic mass is 19.1. The van der Waals surface area contributed by atoms with E-state index in [0.29, 0.717) is 0 Å². The minimum atomic E-state index is -0.279. The first kappa shape index (κ1) is 15.0. The van der Waals surface area contributed by atoms with Crippen LogP contribution in [-0.4, -0.2) is 12.5 Å². The number of benzene rings is 2. The summed E-state index contributed by atoms with van der Waals surface area (Å²) >= 11 is 0. The molecule has 2 N–H and O–H groups in total. The molecule has 2 rings (SSSR count). The van der Waals surface area contributed by atoms with Crippen LogP contribution in [0.2, 0.25) is 0 Å². The van der Waals surface area contributed by atoms with Crippen LogP contribution in [0.25, 0.3) is 0 Å². The number of amides is 1. The molecule has 0 saturated heterocycles. The molecule has 1 atom stereocenters. The van der Waals surface area contributed by atoms with Crippen molar-refractivity contribution in [3.63, 3.8) is 0 Å². The van der Waals surface area contributed by atoms with Crippen LogP contribution in [0.1, 0.15) is 24.1 Å². The van der Waals surface area contributed by atoms with Gasteiger partial charge in [0.1, 0.15) is 5.82 Å². The molecule has 0 aromatic heterocycles. The summed E-state index contributed by atoms with van der Waals surface area (Å²) in [5.41, 5.74) is 2.92. The van der Waals surface area contributed by atoms with Gasteiger partial charge in [-0.3, -0.25) is 4.79 Å². The van der Waals surface area contributed by atoms with Gasteiger partial charge in [0.25, 0.3) is 0 Å². The minimum Gasteiger partial charge on any atom is -0.376 e. The molecule has 21 heavy (non-hydrogen) atoms. The smallest absolute Gasteiger partial charge is 0.239 e. The van der Waals surface area contributed by atoms with E-state index in [0.717, 1.165) is 16.8 Å². The molecule has 0 fully saturated rings. The van der Waals surface area contributed by atoms with Crippen molar-refractivity contribution in [2.45, 2.75) is 19.9 Å². The van der Waals surface area contributed by atoms with E-state index < -0.39 is 0 Å². The lowest BCUT2D eigenvalue weighted by Crippen LogP contribution is -2.32. The summed E-state index contributed by atoms with van der Waals surface area (Å²) in [7, 11) is 0. The van der Waals surface area contributed by atoms with Gasteiger partial charge in [-0.05, 0) is 43.2 Å². The highest BCUT2D eigenvalue weighted by molar-refractivity contribution is 5.81. The number of halogens is 1. The minimum absolute atomic E-state index is 0.102. The average Bonchev–Trinajstić information content (AvgIpc) is 2.47. The van der Waals surface area contributed by atoms with Crippen molar-refractivity contribution in [3.05, 3.63) is 65.5 Å². The Bertz CT molecular complexity index is 610. The van der Waals surface area contributed by atoms with Gasteiger partial charge in [-0.25, -0.2) is 4.39 Å². The topological polar surface area (TPSA) is 41.1 Å². The summed E-state index contributed by atoms with van der Waals surface area (Å²) < 4.78 is 12.9. The monoisotopic (exact) mass is 286 g/mol. The van der Waals surface area contributed by atoms with Crippen LogP contribution in [0, 0.1) is 12.7 Å². The van der Waals surface area contributed by atoms with Crippen molar-refractivity contribution < 1.29 is 9.18 Å². The van der Waals surface area contributed by atoms with E-state index in [1.807, 2.05) is 38.1 Å². The van der Waals surface area contributed by atoms with Crippen molar-refractivity contribution in [2.75, 3.05) is 11.9 Å². The van der Waals surface area contributed by atoms with E-state index in [2.05, 4.69) is 10.6 Å². The van der Waals surface area contributed by atoms with E-state index in [1.165, 1.54) is 12.1 Å². The zero-order valence-electron chi connectivity index (χ0n) is 12.2. The number of aryl methyl sites for hydroxylation is 1. The summed E-state index contributed by atoms with van der Waals surface area (Å²) in [5.74, 6) is -0.381. The third-order valence-corrected chi connectivity index (χ3v) is 3.33. The molecule has 0 bridgehead atoms. The third kappa shape index (κ3) is 4.31. The Morgan fingerprint density at radius 1 is 1.14 bits per heavy atom. The molecule has 110 valence electrons. The molecule has 0 spiro atoms. The molecule has 1 unspecified atom stereocenters. The van der Waals surface area contributed by atoms with Gasteiger partial charge in [-0.15, -0.1) is 0 Å². The predicted molar refractivity (Wildman–Crippen MR) is 82.6 cm³/mol. The Balaban J connectivity index is 1.87. The van der Waals surface area contributed by atoms with Crippen LogP contribution in [0.3, 0.4) is 0 Å². The molecule has 0 saturated carbocycles.